The Morgan fingerprint density at radius 3 is 2.75 bits per heavy atom. The van der Waals surface area contributed by atoms with Crippen molar-refractivity contribution in [2.45, 2.75) is 12.5 Å². The van der Waals surface area contributed by atoms with Gasteiger partial charge in [-0.3, -0.25) is 10.1 Å². The van der Waals surface area contributed by atoms with Crippen LogP contribution in [-0.4, -0.2) is 42.4 Å². The van der Waals surface area contributed by atoms with Gasteiger partial charge in [0.25, 0.3) is 5.69 Å². The minimum Gasteiger partial charge on any atom is -0.493 e. The molecule has 1 aromatic carbocycles. The van der Waals surface area contributed by atoms with Gasteiger partial charge in [-0.25, -0.2) is 4.79 Å². The normalized spacial score (nSPS) is 17.8. The average Bonchev–Trinajstić information content (AvgIpc) is 2.90. The van der Waals surface area contributed by atoms with Crippen LogP contribution in [0.3, 0.4) is 0 Å². The molecule has 108 valence electrons. The summed E-state index contributed by atoms with van der Waals surface area (Å²) >= 11 is 0. The van der Waals surface area contributed by atoms with Crippen molar-refractivity contribution in [3.05, 3.63) is 27.8 Å². The number of nitrogens with zero attached hydrogens (tertiary/aromatic N) is 1. The molecular weight excluding hydrogens is 270 g/mol. The number of nitro benzene ring substituents is 1. The minimum absolute atomic E-state index is 0.119. The molecule has 0 bridgehead atoms. The maximum absolute atomic E-state index is 11.1. The molecule has 8 nitrogen and oxygen atoms in total. The lowest BCUT2D eigenvalue weighted by Crippen LogP contribution is -2.17. The summed E-state index contributed by atoms with van der Waals surface area (Å²) in [5.74, 6) is -1.12. The summed E-state index contributed by atoms with van der Waals surface area (Å²) in [5.41, 5.74) is -0.978. The maximum Gasteiger partial charge on any atom is 0.342 e. The Hall–Kier alpha value is -2.35. The van der Waals surface area contributed by atoms with Crippen molar-refractivity contribution in [2.75, 3.05) is 20.3 Å². The molecule has 0 aromatic heterocycles. The van der Waals surface area contributed by atoms with Crippen molar-refractivity contribution in [1.29, 1.82) is 0 Å². The molecule has 0 unspecified atom stereocenters. The molecular formula is C12H13NO7. The largest absolute Gasteiger partial charge is 0.493 e. The summed E-state index contributed by atoms with van der Waals surface area (Å²) in [6.07, 6.45) is 0.453. The van der Waals surface area contributed by atoms with E-state index in [1.807, 2.05) is 0 Å². The summed E-state index contributed by atoms with van der Waals surface area (Å²) in [7, 11) is 1.33. The van der Waals surface area contributed by atoms with Crippen LogP contribution in [0.2, 0.25) is 0 Å². The van der Waals surface area contributed by atoms with E-state index in [4.69, 9.17) is 19.3 Å². The van der Waals surface area contributed by atoms with Gasteiger partial charge in [-0.15, -0.1) is 0 Å². The SMILES string of the molecule is COc1cc([N+](=O)[O-])c(C(=O)O)cc1O[C@H]1CCOC1. The Bertz CT molecular complexity index is 537. The van der Waals surface area contributed by atoms with Gasteiger partial charge in [0, 0.05) is 12.5 Å². The van der Waals surface area contributed by atoms with Crippen molar-refractivity contribution in [1.82, 2.24) is 0 Å². The number of rotatable bonds is 5. The quantitative estimate of drug-likeness (QED) is 0.643. The third-order valence-corrected chi connectivity index (χ3v) is 2.89. The fourth-order valence-electron chi connectivity index (χ4n) is 1.91. The number of carbonyl (C=O) groups is 1. The summed E-state index contributed by atoms with van der Waals surface area (Å²) in [6, 6.07) is 2.16. The van der Waals surface area contributed by atoms with E-state index >= 15 is 0 Å². The van der Waals surface area contributed by atoms with Crippen molar-refractivity contribution in [3.63, 3.8) is 0 Å². The smallest absolute Gasteiger partial charge is 0.342 e. The number of methoxy groups -OCH3 is 1. The molecule has 1 N–H and O–H groups in total. The van der Waals surface area contributed by atoms with Gasteiger partial charge in [0.1, 0.15) is 11.7 Å². The summed E-state index contributed by atoms with van der Waals surface area (Å²) in [6.45, 7) is 0.953. The lowest BCUT2D eigenvalue weighted by atomic mass is 10.1. The monoisotopic (exact) mass is 283 g/mol. The molecule has 0 spiro atoms. The van der Waals surface area contributed by atoms with Gasteiger partial charge in [0.05, 0.1) is 31.3 Å². The van der Waals surface area contributed by atoms with E-state index in [0.717, 1.165) is 12.1 Å². The first-order valence-electron chi connectivity index (χ1n) is 5.87. The van der Waals surface area contributed by atoms with E-state index in [1.54, 1.807) is 0 Å². The highest BCUT2D eigenvalue weighted by atomic mass is 16.6. The molecule has 8 heteroatoms. The van der Waals surface area contributed by atoms with Crippen LogP contribution >= 0.6 is 0 Å². The Morgan fingerprint density at radius 1 is 1.50 bits per heavy atom. The lowest BCUT2D eigenvalue weighted by molar-refractivity contribution is -0.385. The van der Waals surface area contributed by atoms with Gasteiger partial charge in [0.15, 0.2) is 11.5 Å². The van der Waals surface area contributed by atoms with Gasteiger partial charge in [-0.05, 0) is 0 Å². The maximum atomic E-state index is 11.1. The highest BCUT2D eigenvalue weighted by Gasteiger charge is 2.26. The van der Waals surface area contributed by atoms with Gasteiger partial charge >= 0.3 is 5.97 Å². The zero-order chi connectivity index (χ0) is 14.7. The van der Waals surface area contributed by atoms with Gasteiger partial charge in [-0.1, -0.05) is 0 Å². The molecule has 1 aliphatic rings. The van der Waals surface area contributed by atoms with Crippen molar-refractivity contribution in [3.8, 4) is 11.5 Å². The molecule has 0 saturated carbocycles. The minimum atomic E-state index is -1.40. The number of hydrogen-bond acceptors (Lipinski definition) is 6. The molecule has 0 amide bonds. The van der Waals surface area contributed by atoms with Crippen LogP contribution in [0, 0.1) is 10.1 Å². The van der Waals surface area contributed by atoms with E-state index in [1.165, 1.54) is 7.11 Å². The van der Waals surface area contributed by atoms with E-state index in [9.17, 15) is 14.9 Å². The van der Waals surface area contributed by atoms with E-state index in [0.29, 0.717) is 19.6 Å². The number of carboxylic acids is 1. The van der Waals surface area contributed by atoms with Gasteiger partial charge in [-0.2, -0.15) is 0 Å². The van der Waals surface area contributed by atoms with Crippen LogP contribution in [0.4, 0.5) is 5.69 Å². The number of aromatic carboxylic acids is 1. The van der Waals surface area contributed by atoms with Crippen LogP contribution in [0.25, 0.3) is 0 Å². The van der Waals surface area contributed by atoms with Crippen LogP contribution in [0.5, 0.6) is 11.5 Å². The highest BCUT2D eigenvalue weighted by Crippen LogP contribution is 2.35. The standard InChI is InChI=1S/C12H13NO7/c1-18-10-5-9(13(16)17)8(12(14)15)4-11(10)20-7-2-3-19-6-7/h4-5,7H,2-3,6H2,1H3,(H,14,15)/t7-/m0/s1. The number of nitro groups is 1. The molecule has 1 aromatic rings. The molecule has 0 aliphatic carbocycles. The molecule has 1 aliphatic heterocycles. The third-order valence-electron chi connectivity index (χ3n) is 2.89. The van der Waals surface area contributed by atoms with E-state index < -0.39 is 22.1 Å². The second kappa shape index (κ2) is 5.74. The first kappa shape index (κ1) is 14.1. The summed E-state index contributed by atoms with van der Waals surface area (Å²) in [4.78, 5) is 21.2. The van der Waals surface area contributed by atoms with Crippen LogP contribution in [0.15, 0.2) is 12.1 Å². The molecule has 2 rings (SSSR count). The van der Waals surface area contributed by atoms with Crippen molar-refractivity contribution in [2.24, 2.45) is 0 Å². The molecule has 1 atom stereocenters. The lowest BCUT2D eigenvalue weighted by Gasteiger charge is -2.15. The van der Waals surface area contributed by atoms with Crippen LogP contribution in [0.1, 0.15) is 16.8 Å². The fourth-order valence-corrected chi connectivity index (χ4v) is 1.91. The van der Waals surface area contributed by atoms with Gasteiger partial charge < -0.3 is 19.3 Å². The Morgan fingerprint density at radius 2 is 2.25 bits per heavy atom. The number of hydrogen-bond donors (Lipinski definition) is 1. The first-order chi connectivity index (χ1) is 9.52. The van der Waals surface area contributed by atoms with Gasteiger partial charge in [0.2, 0.25) is 0 Å². The van der Waals surface area contributed by atoms with Crippen LogP contribution in [-0.2, 0) is 4.74 Å². The van der Waals surface area contributed by atoms with Crippen LogP contribution < -0.4 is 9.47 Å². The van der Waals surface area contributed by atoms with E-state index in [-0.39, 0.29) is 17.6 Å². The second-order valence-electron chi connectivity index (χ2n) is 4.19. The molecule has 1 heterocycles. The highest BCUT2D eigenvalue weighted by molar-refractivity contribution is 5.93. The summed E-state index contributed by atoms with van der Waals surface area (Å²) < 4.78 is 15.8. The van der Waals surface area contributed by atoms with Crippen molar-refractivity contribution >= 4 is 11.7 Å². The predicted octanol–water partition coefficient (Wildman–Crippen LogP) is 1.47. The molecule has 1 saturated heterocycles. The molecule has 1 fully saturated rings. The van der Waals surface area contributed by atoms with Crippen molar-refractivity contribution < 1.29 is 29.0 Å². The fraction of sp³-hybridized carbons (Fsp3) is 0.417. The zero-order valence-corrected chi connectivity index (χ0v) is 10.7. The Balaban J connectivity index is 2.41. The first-order valence-corrected chi connectivity index (χ1v) is 5.87. The Kier molecular flexibility index (Phi) is 4.04. The predicted molar refractivity (Wildman–Crippen MR) is 66.5 cm³/mol. The topological polar surface area (TPSA) is 108 Å². The van der Waals surface area contributed by atoms with E-state index in [2.05, 4.69) is 0 Å². The Labute approximate surface area is 114 Å². The molecule has 0 radical (unpaired) electrons. The molecule has 20 heavy (non-hydrogen) atoms. The summed E-state index contributed by atoms with van der Waals surface area (Å²) in [5, 5.41) is 19.9. The average molecular weight is 283 g/mol. The second-order valence-corrected chi connectivity index (χ2v) is 4.19. The number of ether oxygens (including phenoxy) is 3. The zero-order valence-electron chi connectivity index (χ0n) is 10.7. The third kappa shape index (κ3) is 2.80. The number of carboxylic acid groups (broad SMARTS) is 1. The number of benzene rings is 1.